The Morgan fingerprint density at radius 3 is 2.41 bits per heavy atom. The molecule has 0 spiro atoms. The van der Waals surface area contributed by atoms with Gasteiger partial charge in [-0.1, -0.05) is 6.92 Å². The summed E-state index contributed by atoms with van der Waals surface area (Å²) in [6, 6.07) is 6.53. The van der Waals surface area contributed by atoms with Crippen LogP contribution in [0.2, 0.25) is 0 Å². The zero-order valence-electron chi connectivity index (χ0n) is 18.9. The molecule has 2 saturated heterocycles. The summed E-state index contributed by atoms with van der Waals surface area (Å²) in [5, 5.41) is 2.61. The Morgan fingerprint density at radius 2 is 1.79 bits per heavy atom. The van der Waals surface area contributed by atoms with Crippen LogP contribution in [0.4, 0.5) is 24.5 Å². The van der Waals surface area contributed by atoms with Gasteiger partial charge in [0.2, 0.25) is 5.91 Å². The first-order chi connectivity index (χ1) is 16.1. The van der Waals surface area contributed by atoms with E-state index in [1.54, 1.807) is 13.0 Å². The molecule has 4 rings (SSSR count). The number of halogens is 3. The molecule has 0 radical (unpaired) electrons. The van der Waals surface area contributed by atoms with Crippen LogP contribution in [-0.4, -0.2) is 38.1 Å². The minimum atomic E-state index is -4.56. The van der Waals surface area contributed by atoms with Gasteiger partial charge in [-0.15, -0.1) is 0 Å². The maximum atomic E-state index is 13.4. The topological polar surface area (TPSA) is 97.8 Å². The average Bonchev–Trinajstić information content (AvgIpc) is 3.30. The minimum Gasteiger partial charge on any atom is -0.456 e. The summed E-state index contributed by atoms with van der Waals surface area (Å²) in [5.74, 6) is -0.180. The van der Waals surface area contributed by atoms with E-state index in [2.05, 4.69) is 5.32 Å². The number of benzene rings is 1. The van der Waals surface area contributed by atoms with Gasteiger partial charge in [0.05, 0.1) is 16.9 Å². The van der Waals surface area contributed by atoms with Crippen molar-refractivity contribution in [2.45, 2.75) is 44.7 Å². The number of amides is 2. The number of rotatable bonds is 5. The quantitative estimate of drug-likeness (QED) is 0.656. The molecule has 3 N–H and O–H groups in total. The third-order valence-electron chi connectivity index (χ3n) is 6.85. The normalized spacial score (nSPS) is 19.1. The van der Waals surface area contributed by atoms with E-state index in [1.807, 2.05) is 4.90 Å². The molecule has 184 valence electrons. The lowest BCUT2D eigenvalue weighted by molar-refractivity contribution is -0.137. The summed E-state index contributed by atoms with van der Waals surface area (Å²) < 4.78 is 51.3. The van der Waals surface area contributed by atoms with E-state index in [-0.39, 0.29) is 17.4 Å². The molecule has 2 aliphatic rings. The van der Waals surface area contributed by atoms with E-state index in [0.29, 0.717) is 50.6 Å². The fourth-order valence-corrected chi connectivity index (χ4v) is 4.44. The van der Waals surface area contributed by atoms with Crippen LogP contribution in [0.15, 0.2) is 34.7 Å². The number of hydrogen-bond acceptors (Lipinski definition) is 5. The van der Waals surface area contributed by atoms with Crippen LogP contribution in [0, 0.1) is 5.41 Å². The Balaban J connectivity index is 1.56. The van der Waals surface area contributed by atoms with Crippen molar-refractivity contribution in [1.29, 1.82) is 0 Å². The highest BCUT2D eigenvalue weighted by Gasteiger charge is 2.37. The zero-order chi connectivity index (χ0) is 24.5. The molecule has 0 unspecified atom stereocenters. The van der Waals surface area contributed by atoms with E-state index in [4.69, 9.17) is 14.9 Å². The minimum absolute atomic E-state index is 0.0322. The number of alkyl halides is 3. The predicted octanol–water partition coefficient (Wildman–Crippen LogP) is 4.54. The second-order valence-electron chi connectivity index (χ2n) is 9.18. The van der Waals surface area contributed by atoms with Crippen molar-refractivity contribution in [2.75, 3.05) is 36.5 Å². The molecule has 1 aromatic carbocycles. The smallest absolute Gasteiger partial charge is 0.416 e. The van der Waals surface area contributed by atoms with E-state index >= 15 is 0 Å². The Kier molecular flexibility index (Phi) is 6.62. The summed E-state index contributed by atoms with van der Waals surface area (Å²) in [6.07, 6.45) is -2.07. The number of anilines is 2. The summed E-state index contributed by atoms with van der Waals surface area (Å²) in [7, 11) is 0. The second kappa shape index (κ2) is 9.32. The van der Waals surface area contributed by atoms with Gasteiger partial charge in [-0.05, 0) is 56.0 Å². The van der Waals surface area contributed by atoms with Crippen molar-refractivity contribution in [1.82, 2.24) is 0 Å². The maximum absolute atomic E-state index is 13.4. The summed E-state index contributed by atoms with van der Waals surface area (Å²) in [6.45, 7) is 3.86. The van der Waals surface area contributed by atoms with Gasteiger partial charge in [-0.25, -0.2) is 0 Å². The zero-order valence-corrected chi connectivity index (χ0v) is 18.9. The highest BCUT2D eigenvalue weighted by Crippen LogP contribution is 2.39. The first-order valence-electron chi connectivity index (χ1n) is 11.3. The molecular weight excluding hydrogens is 451 g/mol. The molecular formula is C24H28F3N3O4. The predicted molar refractivity (Wildman–Crippen MR) is 120 cm³/mol. The number of nitrogens with two attached hydrogens (primary N) is 1. The lowest BCUT2D eigenvalue weighted by Crippen LogP contribution is -2.45. The van der Waals surface area contributed by atoms with Crippen LogP contribution in [0.3, 0.4) is 0 Å². The molecule has 7 nitrogen and oxygen atoms in total. The van der Waals surface area contributed by atoms with Crippen molar-refractivity contribution < 1.29 is 31.9 Å². The van der Waals surface area contributed by atoms with E-state index in [9.17, 15) is 22.8 Å². The van der Waals surface area contributed by atoms with E-state index in [0.717, 1.165) is 25.0 Å². The number of ether oxygens (including phenoxy) is 1. The molecule has 0 saturated carbocycles. The van der Waals surface area contributed by atoms with E-state index in [1.165, 1.54) is 12.1 Å². The average molecular weight is 479 g/mol. The van der Waals surface area contributed by atoms with Gasteiger partial charge in [0.15, 0.2) is 5.76 Å². The number of primary amides is 1. The van der Waals surface area contributed by atoms with Crippen LogP contribution < -0.4 is 16.0 Å². The van der Waals surface area contributed by atoms with Gasteiger partial charge in [0.25, 0.3) is 5.91 Å². The number of carbonyl (C=O) groups excluding carboxylic acids is 2. The van der Waals surface area contributed by atoms with Gasteiger partial charge in [0.1, 0.15) is 5.76 Å². The van der Waals surface area contributed by atoms with Crippen LogP contribution in [-0.2, 0) is 15.7 Å². The monoisotopic (exact) mass is 479 g/mol. The van der Waals surface area contributed by atoms with Crippen LogP contribution in [0.5, 0.6) is 0 Å². The van der Waals surface area contributed by atoms with Crippen molar-refractivity contribution in [2.24, 2.45) is 11.1 Å². The molecule has 34 heavy (non-hydrogen) atoms. The van der Waals surface area contributed by atoms with Gasteiger partial charge >= 0.3 is 6.18 Å². The number of nitrogens with one attached hydrogen (secondary N) is 1. The van der Waals surface area contributed by atoms with E-state index < -0.39 is 29.0 Å². The number of piperidine rings is 1. The third-order valence-corrected chi connectivity index (χ3v) is 6.85. The molecule has 2 fully saturated rings. The number of hydrogen-bond donors (Lipinski definition) is 2. The molecule has 0 bridgehead atoms. The third kappa shape index (κ3) is 5.06. The summed E-state index contributed by atoms with van der Waals surface area (Å²) >= 11 is 0. The Morgan fingerprint density at radius 1 is 1.12 bits per heavy atom. The number of furan rings is 1. The van der Waals surface area contributed by atoms with Crippen molar-refractivity contribution in [3.63, 3.8) is 0 Å². The second-order valence-corrected chi connectivity index (χ2v) is 9.18. The number of nitrogens with zero attached hydrogens (tertiary/aromatic N) is 1. The first-order valence-corrected chi connectivity index (χ1v) is 11.3. The largest absolute Gasteiger partial charge is 0.456 e. The van der Waals surface area contributed by atoms with Gasteiger partial charge < -0.3 is 25.1 Å². The van der Waals surface area contributed by atoms with Crippen molar-refractivity contribution in [3.05, 3.63) is 47.4 Å². The Hall–Kier alpha value is -3.01. The van der Waals surface area contributed by atoms with Gasteiger partial charge in [-0.2, -0.15) is 13.2 Å². The van der Waals surface area contributed by atoms with Gasteiger partial charge in [-0.3, -0.25) is 9.59 Å². The van der Waals surface area contributed by atoms with Crippen molar-refractivity contribution in [3.8, 4) is 0 Å². The highest BCUT2D eigenvalue weighted by molar-refractivity contribution is 6.04. The lowest BCUT2D eigenvalue weighted by atomic mass is 9.79. The number of carbonyl (C=O) groups is 2. The summed E-state index contributed by atoms with van der Waals surface area (Å²) in [4.78, 5) is 26.5. The molecule has 0 atom stereocenters. The fourth-order valence-electron chi connectivity index (χ4n) is 4.44. The lowest BCUT2D eigenvalue weighted by Gasteiger charge is -2.39. The molecule has 1 aromatic heterocycles. The molecule has 0 aliphatic carbocycles. The SMILES string of the molecule is CC1(C(N)=O)CCN(c2ccc(C(F)(F)F)cc2NC(=O)c2ccc(C3CCOCC3)o2)CC1. The van der Waals surface area contributed by atoms with Crippen LogP contribution in [0.1, 0.15) is 60.4 Å². The first kappa shape index (κ1) is 24.1. The van der Waals surface area contributed by atoms with Gasteiger partial charge in [0, 0.05) is 37.6 Å². The fraction of sp³-hybridized carbons (Fsp3) is 0.500. The van der Waals surface area contributed by atoms with Crippen LogP contribution in [0.25, 0.3) is 0 Å². The maximum Gasteiger partial charge on any atom is 0.416 e. The standard InChI is InChI=1S/C24H28F3N3O4/c1-23(22(28)32)8-10-30(11-9-23)18-3-2-16(24(25,26)27)14-17(18)29-21(31)20-5-4-19(34-20)15-6-12-33-13-7-15/h2-5,14-15H,6-13H2,1H3,(H2,28,32)(H,29,31). The Labute approximate surface area is 195 Å². The summed E-state index contributed by atoms with van der Waals surface area (Å²) in [5.41, 5.74) is 4.46. The molecule has 2 aromatic rings. The molecule has 2 aliphatic heterocycles. The molecule has 2 amide bonds. The Bertz CT molecular complexity index is 1050. The van der Waals surface area contributed by atoms with Crippen molar-refractivity contribution >= 4 is 23.2 Å². The molecule has 10 heteroatoms. The molecule has 3 heterocycles. The highest BCUT2D eigenvalue weighted by atomic mass is 19.4. The van der Waals surface area contributed by atoms with Crippen LogP contribution >= 0.6 is 0 Å².